The Kier molecular flexibility index (Phi) is 4.76. The van der Waals surface area contributed by atoms with Crippen LogP contribution in [-0.4, -0.2) is 25.5 Å². The van der Waals surface area contributed by atoms with Crippen LogP contribution in [0.25, 0.3) is 0 Å². The van der Waals surface area contributed by atoms with Gasteiger partial charge in [-0.2, -0.15) is 0 Å². The first-order valence-corrected chi connectivity index (χ1v) is 7.52. The van der Waals surface area contributed by atoms with Crippen molar-refractivity contribution in [3.63, 3.8) is 0 Å². The summed E-state index contributed by atoms with van der Waals surface area (Å²) in [5.74, 6) is 0.0471. The molecule has 0 fully saturated rings. The van der Waals surface area contributed by atoms with E-state index >= 15 is 0 Å². The van der Waals surface area contributed by atoms with E-state index in [-0.39, 0.29) is 12.4 Å². The number of nitrogen functional groups attached to an aromatic ring is 1. The summed E-state index contributed by atoms with van der Waals surface area (Å²) in [6.07, 6.45) is 0. The van der Waals surface area contributed by atoms with E-state index in [0.29, 0.717) is 12.3 Å². The lowest BCUT2D eigenvalue weighted by molar-refractivity contribution is 0.135. The summed E-state index contributed by atoms with van der Waals surface area (Å²) in [5.41, 5.74) is 7.25. The molecule has 1 rings (SSSR count). The maximum atomic E-state index is 11.8. The maximum Gasteiger partial charge on any atom is 0.157 e. The molecule has 0 amide bonds. The van der Waals surface area contributed by atoms with Crippen LogP contribution >= 0.6 is 0 Å². The highest BCUT2D eigenvalue weighted by molar-refractivity contribution is 7.92. The van der Waals surface area contributed by atoms with Crippen LogP contribution in [0.4, 0.5) is 5.69 Å². The summed E-state index contributed by atoms with van der Waals surface area (Å²) >= 11 is 0. The van der Waals surface area contributed by atoms with Crippen molar-refractivity contribution in [2.24, 2.45) is 0 Å². The van der Waals surface area contributed by atoms with Crippen molar-refractivity contribution in [3.8, 4) is 0 Å². The summed E-state index contributed by atoms with van der Waals surface area (Å²) in [5, 5.41) is 0. The lowest BCUT2D eigenvalue weighted by atomic mass is 10.2. The molecule has 4 nitrogen and oxygen atoms in total. The fourth-order valence-electron chi connectivity index (χ4n) is 1.28. The quantitative estimate of drug-likeness (QED) is 0.657. The van der Waals surface area contributed by atoms with E-state index in [1.807, 2.05) is 12.1 Å². The molecular formula is C13H21NO3S. The van der Waals surface area contributed by atoms with Crippen LogP contribution in [0.5, 0.6) is 0 Å². The summed E-state index contributed by atoms with van der Waals surface area (Å²) < 4.78 is 28.3. The number of anilines is 1. The zero-order valence-corrected chi connectivity index (χ0v) is 12.0. The van der Waals surface area contributed by atoms with Gasteiger partial charge < -0.3 is 10.5 Å². The van der Waals surface area contributed by atoms with E-state index in [4.69, 9.17) is 10.5 Å². The Balaban J connectivity index is 2.38. The Hall–Kier alpha value is -1.07. The van der Waals surface area contributed by atoms with Gasteiger partial charge >= 0.3 is 0 Å². The van der Waals surface area contributed by atoms with Crippen molar-refractivity contribution in [2.75, 3.05) is 18.1 Å². The van der Waals surface area contributed by atoms with E-state index in [1.165, 1.54) is 0 Å². The first-order valence-electron chi connectivity index (χ1n) is 5.87. The molecule has 0 atom stereocenters. The van der Waals surface area contributed by atoms with Crippen molar-refractivity contribution in [1.29, 1.82) is 0 Å². The highest BCUT2D eigenvalue weighted by atomic mass is 32.2. The molecule has 0 heterocycles. The molecule has 0 saturated heterocycles. The molecule has 0 radical (unpaired) electrons. The third-order valence-electron chi connectivity index (χ3n) is 2.68. The first kappa shape index (κ1) is 15.0. The second-order valence-corrected chi connectivity index (χ2v) is 8.09. The highest BCUT2D eigenvalue weighted by Crippen LogP contribution is 2.15. The van der Waals surface area contributed by atoms with Gasteiger partial charge in [-0.25, -0.2) is 8.42 Å². The second-order valence-electron chi connectivity index (χ2n) is 5.23. The van der Waals surface area contributed by atoms with Gasteiger partial charge in [0.25, 0.3) is 0 Å². The largest absolute Gasteiger partial charge is 0.399 e. The smallest absolute Gasteiger partial charge is 0.157 e. The van der Waals surface area contributed by atoms with E-state index in [1.54, 1.807) is 32.9 Å². The lowest BCUT2D eigenvalue weighted by Gasteiger charge is -2.18. The number of rotatable bonds is 5. The van der Waals surface area contributed by atoms with Gasteiger partial charge in [0.1, 0.15) is 0 Å². The Morgan fingerprint density at radius 2 is 1.72 bits per heavy atom. The summed E-state index contributed by atoms with van der Waals surface area (Å²) in [7, 11) is -3.10. The van der Waals surface area contributed by atoms with E-state index in [0.717, 1.165) is 5.56 Å². The second kappa shape index (κ2) is 5.71. The van der Waals surface area contributed by atoms with Crippen molar-refractivity contribution >= 4 is 15.5 Å². The molecular weight excluding hydrogens is 250 g/mol. The van der Waals surface area contributed by atoms with Crippen LogP contribution < -0.4 is 5.73 Å². The number of ether oxygens (including phenoxy) is 1. The Morgan fingerprint density at radius 1 is 1.17 bits per heavy atom. The fraction of sp³-hybridized carbons (Fsp3) is 0.538. The van der Waals surface area contributed by atoms with Crippen LogP contribution in [0.1, 0.15) is 26.3 Å². The molecule has 0 spiro atoms. The number of benzene rings is 1. The van der Waals surface area contributed by atoms with E-state index in [2.05, 4.69) is 0 Å². The van der Waals surface area contributed by atoms with Crippen LogP contribution in [0.3, 0.4) is 0 Å². The highest BCUT2D eigenvalue weighted by Gasteiger charge is 2.28. The average molecular weight is 271 g/mol. The molecule has 0 aromatic heterocycles. The average Bonchev–Trinajstić information content (AvgIpc) is 2.25. The van der Waals surface area contributed by atoms with Crippen molar-refractivity contribution in [2.45, 2.75) is 32.1 Å². The van der Waals surface area contributed by atoms with Crippen LogP contribution in [0.2, 0.25) is 0 Å². The fourth-order valence-corrected chi connectivity index (χ4v) is 2.23. The molecule has 0 aliphatic carbocycles. The molecule has 1 aromatic rings. The van der Waals surface area contributed by atoms with Gasteiger partial charge in [-0.05, 0) is 38.5 Å². The SMILES string of the molecule is CC(C)(C)S(=O)(=O)CCOCc1ccc(N)cc1. The Bertz CT molecular complexity index is 472. The van der Waals surface area contributed by atoms with Crippen molar-refractivity contribution in [1.82, 2.24) is 0 Å². The topological polar surface area (TPSA) is 69.4 Å². The zero-order valence-electron chi connectivity index (χ0n) is 11.1. The molecule has 18 heavy (non-hydrogen) atoms. The minimum Gasteiger partial charge on any atom is -0.399 e. The summed E-state index contributed by atoms with van der Waals surface area (Å²) in [4.78, 5) is 0. The predicted molar refractivity (Wildman–Crippen MR) is 74.1 cm³/mol. The molecule has 0 aliphatic rings. The third kappa shape index (κ3) is 4.31. The van der Waals surface area contributed by atoms with Gasteiger partial charge in [-0.3, -0.25) is 0 Å². The summed E-state index contributed by atoms with van der Waals surface area (Å²) in [6.45, 7) is 5.71. The standard InChI is InChI=1S/C13H21NO3S/c1-13(2,3)18(15,16)9-8-17-10-11-4-6-12(14)7-5-11/h4-7H,8-10,14H2,1-3H3. The number of hydrogen-bond acceptors (Lipinski definition) is 4. The van der Waals surface area contributed by atoms with E-state index in [9.17, 15) is 8.42 Å². The first-order chi connectivity index (χ1) is 8.22. The number of nitrogens with two attached hydrogens (primary N) is 1. The van der Waals surface area contributed by atoms with Gasteiger partial charge in [-0.15, -0.1) is 0 Å². The molecule has 0 bridgehead atoms. The van der Waals surface area contributed by atoms with Gasteiger partial charge in [0.15, 0.2) is 9.84 Å². The van der Waals surface area contributed by atoms with Gasteiger partial charge in [0.05, 0.1) is 23.7 Å². The van der Waals surface area contributed by atoms with Crippen LogP contribution in [0, 0.1) is 0 Å². The molecule has 1 aromatic carbocycles. The third-order valence-corrected chi connectivity index (χ3v) is 5.25. The maximum absolute atomic E-state index is 11.8. The van der Waals surface area contributed by atoms with Crippen molar-refractivity contribution < 1.29 is 13.2 Å². The van der Waals surface area contributed by atoms with Crippen molar-refractivity contribution in [3.05, 3.63) is 29.8 Å². The monoisotopic (exact) mass is 271 g/mol. The van der Waals surface area contributed by atoms with Gasteiger partial charge in [0, 0.05) is 5.69 Å². The molecule has 0 aliphatic heterocycles. The number of hydrogen-bond donors (Lipinski definition) is 1. The molecule has 2 N–H and O–H groups in total. The molecule has 102 valence electrons. The molecule has 0 saturated carbocycles. The van der Waals surface area contributed by atoms with E-state index < -0.39 is 14.6 Å². The Morgan fingerprint density at radius 3 is 2.22 bits per heavy atom. The van der Waals surface area contributed by atoms with Gasteiger partial charge in [-0.1, -0.05) is 12.1 Å². The zero-order chi connectivity index (χ0) is 13.8. The minimum absolute atomic E-state index is 0.0471. The lowest BCUT2D eigenvalue weighted by Crippen LogP contribution is -2.32. The van der Waals surface area contributed by atoms with Gasteiger partial charge in [0.2, 0.25) is 0 Å². The minimum atomic E-state index is -3.10. The summed E-state index contributed by atoms with van der Waals surface area (Å²) in [6, 6.07) is 7.33. The van der Waals surface area contributed by atoms with Crippen LogP contribution in [-0.2, 0) is 21.2 Å². The normalized spacial score (nSPS) is 12.6. The number of sulfone groups is 1. The molecule has 5 heteroatoms. The molecule has 0 unspecified atom stereocenters. The predicted octanol–water partition coefficient (Wildman–Crippen LogP) is 2.00. The Labute approximate surface area is 109 Å². The van der Waals surface area contributed by atoms with Crippen LogP contribution in [0.15, 0.2) is 24.3 Å².